The maximum atomic E-state index is 9.64. The van der Waals surface area contributed by atoms with Crippen LogP contribution in [0.4, 0.5) is 11.8 Å². The van der Waals surface area contributed by atoms with E-state index in [9.17, 15) is 5.11 Å². The summed E-state index contributed by atoms with van der Waals surface area (Å²) in [5.74, 6) is 1.16. The van der Waals surface area contributed by atoms with E-state index in [2.05, 4.69) is 20.4 Å². The first kappa shape index (κ1) is 15.3. The van der Waals surface area contributed by atoms with Crippen molar-refractivity contribution in [1.29, 1.82) is 0 Å². The van der Waals surface area contributed by atoms with E-state index in [4.69, 9.17) is 17.3 Å². The molecule has 2 aromatic heterocycles. The SMILES string of the molecule is Nc1nc(NC(CO)c2ccc(Cl)cc2)cc(-n2cccn2)n1. The second-order valence-corrected chi connectivity index (χ2v) is 5.29. The zero-order valence-corrected chi connectivity index (χ0v) is 12.9. The second-order valence-electron chi connectivity index (χ2n) is 4.85. The molecule has 3 aromatic rings. The Labute approximate surface area is 137 Å². The maximum Gasteiger partial charge on any atom is 0.224 e. The van der Waals surface area contributed by atoms with Crippen LogP contribution < -0.4 is 11.1 Å². The Kier molecular flexibility index (Phi) is 4.40. The predicted octanol–water partition coefficient (Wildman–Crippen LogP) is 2.04. The van der Waals surface area contributed by atoms with Gasteiger partial charge in [-0.2, -0.15) is 15.1 Å². The molecule has 2 heterocycles. The minimum atomic E-state index is -0.341. The lowest BCUT2D eigenvalue weighted by atomic mass is 10.1. The van der Waals surface area contributed by atoms with Crippen LogP contribution in [0.1, 0.15) is 11.6 Å². The molecule has 1 unspecified atom stereocenters. The number of rotatable bonds is 5. The highest BCUT2D eigenvalue weighted by atomic mass is 35.5. The molecule has 7 nitrogen and oxygen atoms in total. The fourth-order valence-electron chi connectivity index (χ4n) is 2.16. The number of hydrogen-bond donors (Lipinski definition) is 3. The van der Waals surface area contributed by atoms with E-state index in [0.717, 1.165) is 5.56 Å². The van der Waals surface area contributed by atoms with Crippen LogP contribution in [0.2, 0.25) is 5.02 Å². The van der Waals surface area contributed by atoms with Crippen LogP contribution in [-0.4, -0.2) is 31.5 Å². The topological polar surface area (TPSA) is 102 Å². The van der Waals surface area contributed by atoms with Crippen molar-refractivity contribution in [2.45, 2.75) is 6.04 Å². The van der Waals surface area contributed by atoms with Gasteiger partial charge in [-0.05, 0) is 23.8 Å². The van der Waals surface area contributed by atoms with Gasteiger partial charge in [0.25, 0.3) is 0 Å². The first-order valence-corrected chi connectivity index (χ1v) is 7.31. The highest BCUT2D eigenvalue weighted by Gasteiger charge is 2.13. The minimum Gasteiger partial charge on any atom is -0.394 e. The number of halogens is 1. The van der Waals surface area contributed by atoms with E-state index in [1.807, 2.05) is 12.1 Å². The first-order valence-electron chi connectivity index (χ1n) is 6.93. The van der Waals surface area contributed by atoms with Crippen LogP contribution in [-0.2, 0) is 0 Å². The zero-order chi connectivity index (χ0) is 16.2. The van der Waals surface area contributed by atoms with Gasteiger partial charge in [-0.25, -0.2) is 4.68 Å². The van der Waals surface area contributed by atoms with E-state index in [1.54, 1.807) is 41.3 Å². The lowest BCUT2D eigenvalue weighted by molar-refractivity contribution is 0.276. The van der Waals surface area contributed by atoms with Gasteiger partial charge in [0.05, 0.1) is 12.6 Å². The van der Waals surface area contributed by atoms with E-state index < -0.39 is 0 Å². The van der Waals surface area contributed by atoms with Gasteiger partial charge in [0, 0.05) is 23.5 Å². The van der Waals surface area contributed by atoms with Crippen molar-refractivity contribution in [2.75, 3.05) is 17.7 Å². The Morgan fingerprint density at radius 1 is 1.26 bits per heavy atom. The van der Waals surface area contributed by atoms with Crippen LogP contribution in [0.5, 0.6) is 0 Å². The van der Waals surface area contributed by atoms with Crippen molar-refractivity contribution < 1.29 is 5.11 Å². The number of anilines is 2. The molecule has 0 saturated heterocycles. The lowest BCUT2D eigenvalue weighted by Crippen LogP contribution is -2.17. The summed E-state index contributed by atoms with van der Waals surface area (Å²) in [6.45, 7) is -0.108. The van der Waals surface area contributed by atoms with Crippen molar-refractivity contribution in [3.05, 3.63) is 59.4 Å². The fourth-order valence-corrected chi connectivity index (χ4v) is 2.28. The van der Waals surface area contributed by atoms with Crippen LogP contribution in [0.3, 0.4) is 0 Å². The molecule has 0 radical (unpaired) electrons. The summed E-state index contributed by atoms with van der Waals surface area (Å²) in [7, 11) is 0. The molecule has 23 heavy (non-hydrogen) atoms. The number of nitrogens with zero attached hydrogens (tertiary/aromatic N) is 4. The molecule has 0 aliphatic rings. The summed E-state index contributed by atoms with van der Waals surface area (Å²) >= 11 is 5.89. The van der Waals surface area contributed by atoms with Crippen molar-refractivity contribution in [2.24, 2.45) is 0 Å². The summed E-state index contributed by atoms with van der Waals surface area (Å²) in [6, 6.07) is 10.4. The van der Waals surface area contributed by atoms with Crippen molar-refractivity contribution in [3.63, 3.8) is 0 Å². The Bertz CT molecular complexity index is 775. The van der Waals surface area contributed by atoms with Crippen LogP contribution in [0, 0.1) is 0 Å². The minimum absolute atomic E-state index is 0.108. The Morgan fingerprint density at radius 3 is 2.70 bits per heavy atom. The largest absolute Gasteiger partial charge is 0.394 e. The number of aliphatic hydroxyl groups excluding tert-OH is 1. The zero-order valence-electron chi connectivity index (χ0n) is 12.1. The van der Waals surface area contributed by atoms with Gasteiger partial charge < -0.3 is 16.2 Å². The number of benzene rings is 1. The van der Waals surface area contributed by atoms with Gasteiger partial charge in [0.15, 0.2) is 5.82 Å². The summed E-state index contributed by atoms with van der Waals surface area (Å²) in [5, 5.41) is 17.5. The standard InChI is InChI=1S/C15H15ClN6O/c16-11-4-2-10(3-5-11)12(9-23)19-13-8-14(21-15(17)20-13)22-7-1-6-18-22/h1-8,12,23H,9H2,(H3,17,19,20,21). The molecule has 1 aromatic carbocycles. The van der Waals surface area contributed by atoms with E-state index in [0.29, 0.717) is 16.7 Å². The smallest absolute Gasteiger partial charge is 0.224 e. The normalized spacial score (nSPS) is 12.1. The van der Waals surface area contributed by atoms with E-state index in [-0.39, 0.29) is 18.6 Å². The second kappa shape index (κ2) is 6.64. The molecule has 4 N–H and O–H groups in total. The molecule has 118 valence electrons. The molecular formula is C15H15ClN6O. The average molecular weight is 331 g/mol. The lowest BCUT2D eigenvalue weighted by Gasteiger charge is -2.18. The molecule has 0 amide bonds. The van der Waals surface area contributed by atoms with Gasteiger partial charge >= 0.3 is 0 Å². The molecule has 0 aliphatic heterocycles. The van der Waals surface area contributed by atoms with Crippen molar-refractivity contribution >= 4 is 23.4 Å². The van der Waals surface area contributed by atoms with Crippen molar-refractivity contribution in [1.82, 2.24) is 19.7 Å². The van der Waals surface area contributed by atoms with E-state index in [1.165, 1.54) is 0 Å². The van der Waals surface area contributed by atoms with Gasteiger partial charge in [-0.1, -0.05) is 23.7 Å². The van der Waals surface area contributed by atoms with Gasteiger partial charge in [-0.3, -0.25) is 0 Å². The Morgan fingerprint density at radius 2 is 2.04 bits per heavy atom. The molecule has 0 spiro atoms. The fraction of sp³-hybridized carbons (Fsp3) is 0.133. The molecule has 0 bridgehead atoms. The summed E-state index contributed by atoms with van der Waals surface area (Å²) in [5.41, 5.74) is 6.64. The summed E-state index contributed by atoms with van der Waals surface area (Å²) < 4.78 is 1.58. The monoisotopic (exact) mass is 330 g/mol. The predicted molar refractivity (Wildman–Crippen MR) is 88.5 cm³/mol. The van der Waals surface area contributed by atoms with Crippen molar-refractivity contribution in [3.8, 4) is 5.82 Å². The molecule has 3 rings (SSSR count). The maximum absolute atomic E-state index is 9.64. The third kappa shape index (κ3) is 3.58. The van der Waals surface area contributed by atoms with Crippen LogP contribution in [0.15, 0.2) is 48.8 Å². The number of nitrogens with two attached hydrogens (primary N) is 1. The first-order chi connectivity index (χ1) is 11.2. The molecule has 0 saturated carbocycles. The Hall–Kier alpha value is -2.64. The summed E-state index contributed by atoms with van der Waals surface area (Å²) in [4.78, 5) is 8.29. The average Bonchev–Trinajstić information content (AvgIpc) is 3.07. The number of nitrogens with one attached hydrogen (secondary N) is 1. The number of aliphatic hydroxyl groups is 1. The quantitative estimate of drug-likeness (QED) is 0.661. The van der Waals surface area contributed by atoms with E-state index >= 15 is 0 Å². The van der Waals surface area contributed by atoms with Gasteiger partial charge in [0.2, 0.25) is 5.95 Å². The molecule has 1 atom stereocenters. The Balaban J connectivity index is 1.87. The summed E-state index contributed by atoms with van der Waals surface area (Å²) in [6.07, 6.45) is 3.41. The van der Waals surface area contributed by atoms with Gasteiger partial charge in [-0.15, -0.1) is 0 Å². The number of nitrogen functional groups attached to an aromatic ring is 1. The third-order valence-electron chi connectivity index (χ3n) is 3.25. The molecule has 0 fully saturated rings. The highest BCUT2D eigenvalue weighted by molar-refractivity contribution is 6.30. The van der Waals surface area contributed by atoms with Crippen LogP contribution in [0.25, 0.3) is 5.82 Å². The molecule has 0 aliphatic carbocycles. The van der Waals surface area contributed by atoms with Gasteiger partial charge in [0.1, 0.15) is 5.82 Å². The molecule has 8 heteroatoms. The number of hydrogen-bond acceptors (Lipinski definition) is 6. The number of aromatic nitrogens is 4. The van der Waals surface area contributed by atoms with Crippen LogP contribution >= 0.6 is 11.6 Å². The highest BCUT2D eigenvalue weighted by Crippen LogP contribution is 2.21. The third-order valence-corrected chi connectivity index (χ3v) is 3.50. The molecular weight excluding hydrogens is 316 g/mol.